The Morgan fingerprint density at radius 2 is 1.97 bits per heavy atom. The lowest BCUT2D eigenvalue weighted by Crippen LogP contribution is -2.14. The molecule has 4 aromatic rings. The Morgan fingerprint density at radius 3 is 2.70 bits per heavy atom. The van der Waals surface area contributed by atoms with Crippen molar-refractivity contribution in [2.45, 2.75) is 37.6 Å². The molecule has 0 aliphatic rings. The van der Waals surface area contributed by atoms with Gasteiger partial charge in [-0.1, -0.05) is 30.4 Å². The molecule has 0 aliphatic carbocycles. The molecule has 2 aromatic carbocycles. The number of fused-ring (bicyclic) bond motifs is 2. The van der Waals surface area contributed by atoms with Crippen LogP contribution < -0.4 is 10.5 Å². The first-order valence-electron chi connectivity index (χ1n) is 9.52. The summed E-state index contributed by atoms with van der Waals surface area (Å²) in [5.41, 5.74) is 2.23. The van der Waals surface area contributed by atoms with Gasteiger partial charge in [0.2, 0.25) is 15.9 Å². The number of aryl methyl sites for hydroxylation is 2. The molecular weight excluding hydrogens is 422 g/mol. The van der Waals surface area contributed by atoms with Crippen LogP contribution in [0, 0.1) is 0 Å². The summed E-state index contributed by atoms with van der Waals surface area (Å²) in [6.45, 7) is 2.77. The van der Waals surface area contributed by atoms with Gasteiger partial charge in [0, 0.05) is 19.4 Å². The summed E-state index contributed by atoms with van der Waals surface area (Å²) in [5, 5.41) is 8.65. The number of anilines is 1. The molecule has 0 spiro atoms. The summed E-state index contributed by atoms with van der Waals surface area (Å²) in [7, 11) is -3.80. The number of imidazole rings is 1. The molecule has 2 aromatic heterocycles. The van der Waals surface area contributed by atoms with Crippen molar-refractivity contribution in [1.82, 2.24) is 14.5 Å². The number of hydrogen-bond acceptors (Lipinski definition) is 6. The topological polar surface area (TPSA) is 120 Å². The van der Waals surface area contributed by atoms with Crippen molar-refractivity contribution >= 4 is 53.6 Å². The number of nitrogens with one attached hydrogen (secondary N) is 1. The molecule has 30 heavy (non-hydrogen) atoms. The highest BCUT2D eigenvalue weighted by atomic mass is 32.2. The lowest BCUT2D eigenvalue weighted by atomic mass is 10.2. The summed E-state index contributed by atoms with van der Waals surface area (Å²) in [6, 6.07) is 12.4. The maximum Gasteiger partial charge on any atom is 0.238 e. The fourth-order valence-electron chi connectivity index (χ4n) is 3.33. The molecule has 3 N–H and O–H groups in total. The van der Waals surface area contributed by atoms with Crippen molar-refractivity contribution in [2.24, 2.45) is 5.14 Å². The maximum atomic E-state index is 12.5. The summed E-state index contributed by atoms with van der Waals surface area (Å²) >= 11 is 1.43. The van der Waals surface area contributed by atoms with E-state index in [1.807, 2.05) is 35.8 Å². The van der Waals surface area contributed by atoms with Crippen LogP contribution in [0.1, 0.15) is 25.6 Å². The number of primary sulfonamides is 1. The Hall–Kier alpha value is -2.82. The third-order valence-electron chi connectivity index (χ3n) is 4.69. The number of benzene rings is 2. The molecular formula is C20H21N5O3S2. The lowest BCUT2D eigenvalue weighted by molar-refractivity contribution is -0.116. The van der Waals surface area contributed by atoms with Gasteiger partial charge in [0.1, 0.15) is 5.82 Å². The predicted octanol–water partition coefficient (Wildman–Crippen LogP) is 3.27. The largest absolute Gasteiger partial charge is 0.328 e. The number of carbonyl (C=O) groups excluding carboxylic acids is 1. The van der Waals surface area contributed by atoms with Crippen LogP contribution in [-0.4, -0.2) is 28.9 Å². The number of carbonyl (C=O) groups is 1. The van der Waals surface area contributed by atoms with Crippen molar-refractivity contribution in [3.8, 4) is 0 Å². The zero-order chi connectivity index (χ0) is 21.3. The molecule has 1 amide bonds. The van der Waals surface area contributed by atoms with Gasteiger partial charge in [0.15, 0.2) is 5.13 Å². The van der Waals surface area contributed by atoms with E-state index in [1.165, 1.54) is 23.5 Å². The molecule has 0 radical (unpaired) electrons. The molecule has 8 nitrogen and oxygen atoms in total. The van der Waals surface area contributed by atoms with E-state index in [0.717, 1.165) is 34.5 Å². The molecule has 0 saturated carbocycles. The molecule has 0 bridgehead atoms. The molecule has 0 unspecified atom stereocenters. The number of amides is 1. The molecule has 10 heteroatoms. The Bertz CT molecular complexity index is 1310. The summed E-state index contributed by atoms with van der Waals surface area (Å²) in [5.74, 6) is 0.590. The maximum absolute atomic E-state index is 12.5. The number of para-hydroxylation sites is 1. The quantitative estimate of drug-likeness (QED) is 0.454. The Kier molecular flexibility index (Phi) is 5.54. The first-order chi connectivity index (χ1) is 14.3. The third-order valence-corrected chi connectivity index (χ3v) is 6.55. The molecule has 0 aliphatic heterocycles. The average molecular weight is 444 g/mol. The van der Waals surface area contributed by atoms with Crippen molar-refractivity contribution in [2.75, 3.05) is 5.32 Å². The van der Waals surface area contributed by atoms with E-state index in [0.29, 0.717) is 17.1 Å². The minimum Gasteiger partial charge on any atom is -0.328 e. The molecule has 0 fully saturated rings. The summed E-state index contributed by atoms with van der Waals surface area (Å²) in [4.78, 5) is 21.5. The number of thiazole rings is 1. The van der Waals surface area contributed by atoms with E-state index < -0.39 is 10.0 Å². The number of nitrogens with zero attached hydrogens (tertiary/aromatic N) is 3. The molecule has 0 saturated heterocycles. The van der Waals surface area contributed by atoms with Crippen LogP contribution in [0.25, 0.3) is 21.3 Å². The van der Waals surface area contributed by atoms with E-state index in [1.54, 1.807) is 6.07 Å². The van der Waals surface area contributed by atoms with E-state index in [-0.39, 0.29) is 17.2 Å². The number of rotatable bonds is 7. The fraction of sp³-hybridized carbons (Fsp3) is 0.250. The summed E-state index contributed by atoms with van der Waals surface area (Å²) < 4.78 is 26.3. The highest BCUT2D eigenvalue weighted by molar-refractivity contribution is 7.89. The van der Waals surface area contributed by atoms with Gasteiger partial charge >= 0.3 is 0 Å². The van der Waals surface area contributed by atoms with Gasteiger partial charge in [-0.2, -0.15) is 0 Å². The van der Waals surface area contributed by atoms with Gasteiger partial charge in [0.25, 0.3) is 0 Å². The highest BCUT2D eigenvalue weighted by Crippen LogP contribution is 2.26. The van der Waals surface area contributed by atoms with Crippen LogP contribution in [-0.2, 0) is 27.8 Å². The van der Waals surface area contributed by atoms with Gasteiger partial charge in [0.05, 0.1) is 26.1 Å². The van der Waals surface area contributed by atoms with Crippen LogP contribution in [0.2, 0.25) is 0 Å². The van der Waals surface area contributed by atoms with Crippen molar-refractivity contribution < 1.29 is 13.2 Å². The fourth-order valence-corrected chi connectivity index (χ4v) is 4.75. The van der Waals surface area contributed by atoms with Gasteiger partial charge in [-0.25, -0.2) is 23.5 Å². The van der Waals surface area contributed by atoms with Crippen LogP contribution in [0.5, 0.6) is 0 Å². The monoisotopic (exact) mass is 443 g/mol. The first-order valence-corrected chi connectivity index (χ1v) is 11.9. The van der Waals surface area contributed by atoms with Crippen LogP contribution in [0.15, 0.2) is 47.4 Å². The van der Waals surface area contributed by atoms with Gasteiger partial charge in [-0.15, -0.1) is 0 Å². The Morgan fingerprint density at radius 1 is 1.17 bits per heavy atom. The molecule has 156 valence electrons. The van der Waals surface area contributed by atoms with E-state index in [4.69, 9.17) is 5.14 Å². The second-order valence-electron chi connectivity index (χ2n) is 6.91. The lowest BCUT2D eigenvalue weighted by Gasteiger charge is -2.08. The Balaban J connectivity index is 1.53. The minimum atomic E-state index is -3.80. The van der Waals surface area contributed by atoms with Gasteiger partial charge in [-0.3, -0.25) is 4.79 Å². The van der Waals surface area contributed by atoms with Crippen molar-refractivity contribution in [3.05, 3.63) is 48.3 Å². The van der Waals surface area contributed by atoms with E-state index >= 15 is 0 Å². The second-order valence-corrected chi connectivity index (χ2v) is 9.50. The molecule has 0 atom stereocenters. The first kappa shape index (κ1) is 20.5. The van der Waals surface area contributed by atoms with Crippen molar-refractivity contribution in [1.29, 1.82) is 0 Å². The average Bonchev–Trinajstić information content (AvgIpc) is 3.26. The smallest absolute Gasteiger partial charge is 0.238 e. The zero-order valence-electron chi connectivity index (χ0n) is 16.3. The number of nitrogens with two attached hydrogens (primary N) is 1. The van der Waals surface area contributed by atoms with Crippen molar-refractivity contribution in [3.63, 3.8) is 0 Å². The Labute approximate surface area is 177 Å². The normalized spacial score (nSPS) is 11.9. The van der Waals surface area contributed by atoms with Gasteiger partial charge < -0.3 is 9.88 Å². The number of hydrogen-bond donors (Lipinski definition) is 2. The van der Waals surface area contributed by atoms with Gasteiger partial charge in [-0.05, 0) is 36.8 Å². The predicted molar refractivity (Wildman–Crippen MR) is 118 cm³/mol. The minimum absolute atomic E-state index is 0.0243. The number of sulfonamides is 1. The summed E-state index contributed by atoms with van der Waals surface area (Å²) in [6.07, 6.45) is 1.55. The third kappa shape index (κ3) is 4.20. The standard InChI is InChI=1S/C20H21N5O3S2/c1-2-11-25-16-8-7-13(30(21,27)28)12-15(16)22-18(25)9-10-19(26)24-20-23-14-5-3-4-6-17(14)29-20/h3-8,12H,2,9-11H2,1H3,(H2,21,27,28)(H,23,24,26). The molecule has 4 rings (SSSR count). The van der Waals surface area contributed by atoms with Crippen LogP contribution in [0.4, 0.5) is 5.13 Å². The van der Waals surface area contributed by atoms with Crippen LogP contribution in [0.3, 0.4) is 0 Å². The van der Waals surface area contributed by atoms with Crippen LogP contribution >= 0.6 is 11.3 Å². The SMILES string of the molecule is CCCn1c(CCC(=O)Nc2nc3ccccc3s2)nc2cc(S(N)(=O)=O)ccc21. The zero-order valence-corrected chi connectivity index (χ0v) is 18.0. The molecule has 2 heterocycles. The second kappa shape index (κ2) is 8.13. The van der Waals surface area contributed by atoms with E-state index in [9.17, 15) is 13.2 Å². The van der Waals surface area contributed by atoms with E-state index in [2.05, 4.69) is 15.3 Å². The number of aromatic nitrogens is 3. The highest BCUT2D eigenvalue weighted by Gasteiger charge is 2.16.